The molecule has 0 radical (unpaired) electrons. The molecule has 0 saturated carbocycles. The van der Waals surface area contributed by atoms with Gasteiger partial charge in [0.25, 0.3) is 0 Å². The first-order valence-electron chi connectivity index (χ1n) is 2.28. The first kappa shape index (κ1) is 7.27. The summed E-state index contributed by atoms with van der Waals surface area (Å²) in [5.74, 6) is 5.84. The molecule has 0 aliphatic rings. The van der Waals surface area contributed by atoms with E-state index in [-0.39, 0.29) is 0 Å². The predicted molar refractivity (Wildman–Crippen MR) is 32.8 cm³/mol. The van der Waals surface area contributed by atoms with E-state index in [0.29, 0.717) is 0 Å². The van der Waals surface area contributed by atoms with Gasteiger partial charge >= 0.3 is 6.15 Å². The molecular formula is C5H3BN3-. The van der Waals surface area contributed by atoms with E-state index >= 15 is 0 Å². The smallest absolute Gasteiger partial charge is 0.246 e. The molecule has 0 fully saturated rings. The van der Waals surface area contributed by atoms with E-state index in [1.807, 2.05) is 0 Å². The van der Waals surface area contributed by atoms with Crippen molar-refractivity contribution in [2.75, 3.05) is 0 Å². The summed E-state index contributed by atoms with van der Waals surface area (Å²) in [4.78, 5) is 0. The number of hydrogen-bond donors (Lipinski definition) is 0. The van der Waals surface area contributed by atoms with Gasteiger partial charge < -0.3 is 0 Å². The van der Waals surface area contributed by atoms with E-state index in [1.54, 1.807) is 17.9 Å². The number of nitrogens with zero attached hydrogens (tertiary/aromatic N) is 3. The van der Waals surface area contributed by atoms with Crippen molar-refractivity contribution in [3.05, 3.63) is 12.6 Å². The highest BCUT2D eigenvalue weighted by atomic mass is 14.3. The third-order valence-corrected chi connectivity index (χ3v) is 0.964. The zero-order valence-electron chi connectivity index (χ0n) is 4.70. The second kappa shape index (κ2) is 2.55. The predicted octanol–water partition coefficient (Wildman–Crippen LogP) is 0.349. The highest BCUT2D eigenvalue weighted by Crippen LogP contribution is 1.96. The topological polar surface area (TPSA) is 71.4 Å². The van der Waals surface area contributed by atoms with Gasteiger partial charge in [0.05, 0.1) is 0 Å². The molecule has 3 nitrogen and oxygen atoms in total. The van der Waals surface area contributed by atoms with Gasteiger partial charge in [0.2, 0.25) is 0 Å². The SMILES string of the molecule is C=C[B-](C#N)(C#N)C#N. The minimum Gasteiger partial charge on any atom is -0.246 e. The Labute approximate surface area is 53.3 Å². The largest absolute Gasteiger partial charge is 0.315 e. The average molecular weight is 116 g/mol. The molecule has 0 spiro atoms. The molecule has 9 heavy (non-hydrogen) atoms. The standard InChI is InChI=1S/C5H3BN3/c1-2-6(3-7,4-8)5-9/h2H,1H2/q-1. The molecular weight excluding hydrogens is 113 g/mol. The molecule has 0 aliphatic heterocycles. The second-order valence-electron chi connectivity index (χ2n) is 1.56. The normalized spacial score (nSPS) is 8.11. The van der Waals surface area contributed by atoms with E-state index < -0.39 is 6.15 Å². The molecule has 0 unspecified atom stereocenters. The van der Waals surface area contributed by atoms with Crippen LogP contribution in [0.3, 0.4) is 0 Å². The van der Waals surface area contributed by atoms with Crippen LogP contribution in [-0.2, 0) is 0 Å². The average Bonchev–Trinajstić information content (AvgIpc) is 1.95. The van der Waals surface area contributed by atoms with Gasteiger partial charge in [-0.25, -0.2) is 21.8 Å². The van der Waals surface area contributed by atoms with Crippen LogP contribution >= 0.6 is 0 Å². The molecule has 0 N–H and O–H groups in total. The van der Waals surface area contributed by atoms with Gasteiger partial charge in [0.1, 0.15) is 0 Å². The van der Waals surface area contributed by atoms with Crippen LogP contribution in [-0.4, -0.2) is 6.15 Å². The zero-order chi connectivity index (χ0) is 7.33. The van der Waals surface area contributed by atoms with Crippen LogP contribution in [0.5, 0.6) is 0 Å². The minimum absolute atomic E-state index is 1.08. The Morgan fingerprint density at radius 1 is 1.11 bits per heavy atom. The van der Waals surface area contributed by atoms with Crippen molar-refractivity contribution < 1.29 is 0 Å². The van der Waals surface area contributed by atoms with Crippen LogP contribution in [0.15, 0.2) is 12.6 Å². The number of rotatable bonds is 1. The molecule has 0 heterocycles. The van der Waals surface area contributed by atoms with Crippen LogP contribution in [0.1, 0.15) is 0 Å². The summed E-state index contributed by atoms with van der Waals surface area (Å²) in [5.41, 5.74) is 0. The van der Waals surface area contributed by atoms with Crippen molar-refractivity contribution >= 4 is 6.15 Å². The van der Waals surface area contributed by atoms with Crippen molar-refractivity contribution in [1.82, 2.24) is 0 Å². The molecule has 0 amide bonds. The van der Waals surface area contributed by atoms with Gasteiger partial charge in [-0.2, -0.15) is 0 Å². The maximum absolute atomic E-state index is 8.24. The summed E-state index contributed by atoms with van der Waals surface area (Å²) in [6.45, 7) is 3.21. The maximum atomic E-state index is 8.24. The first-order chi connectivity index (χ1) is 4.24. The third-order valence-electron chi connectivity index (χ3n) is 0.964. The molecule has 0 saturated heterocycles. The van der Waals surface area contributed by atoms with Gasteiger partial charge in [-0.15, -0.1) is 24.5 Å². The molecule has 0 bridgehead atoms. The Kier molecular flexibility index (Phi) is 2.06. The Hall–Kier alpha value is -1.73. The number of nitriles is 3. The summed E-state index contributed by atoms with van der Waals surface area (Å²) in [5, 5.41) is 24.7. The van der Waals surface area contributed by atoms with Crippen LogP contribution in [0.25, 0.3) is 0 Å². The molecule has 0 aliphatic carbocycles. The summed E-state index contributed by atoms with van der Waals surface area (Å²) < 4.78 is 0. The van der Waals surface area contributed by atoms with E-state index in [2.05, 4.69) is 6.58 Å². The lowest BCUT2D eigenvalue weighted by Crippen LogP contribution is -2.25. The third kappa shape index (κ3) is 1.09. The van der Waals surface area contributed by atoms with Crippen molar-refractivity contribution in [3.63, 3.8) is 0 Å². The summed E-state index contributed by atoms with van der Waals surface area (Å²) in [6.07, 6.45) is -2.26. The Bertz CT molecular complexity index is 200. The van der Waals surface area contributed by atoms with Crippen LogP contribution in [0.4, 0.5) is 0 Å². The molecule has 0 rings (SSSR count). The molecule has 42 valence electrons. The van der Waals surface area contributed by atoms with Gasteiger partial charge in [-0.3, -0.25) is 0 Å². The number of hydrogen-bond acceptors (Lipinski definition) is 3. The summed E-state index contributed by atoms with van der Waals surface area (Å²) in [7, 11) is 0. The summed E-state index contributed by atoms with van der Waals surface area (Å²) >= 11 is 0. The fraction of sp³-hybridized carbons (Fsp3) is 0. The lowest BCUT2D eigenvalue weighted by molar-refractivity contribution is 1.51. The second-order valence-corrected chi connectivity index (χ2v) is 1.56. The highest BCUT2D eigenvalue weighted by molar-refractivity contribution is 7.03. The van der Waals surface area contributed by atoms with Crippen LogP contribution in [0, 0.1) is 33.7 Å². The lowest BCUT2D eigenvalue weighted by atomic mass is 9.29. The Morgan fingerprint density at radius 3 is 1.44 bits per heavy atom. The van der Waals surface area contributed by atoms with Crippen molar-refractivity contribution in [3.8, 4) is 17.9 Å². The van der Waals surface area contributed by atoms with Crippen LogP contribution < -0.4 is 0 Å². The first-order valence-corrected chi connectivity index (χ1v) is 2.28. The fourth-order valence-electron chi connectivity index (χ4n) is 0.245. The van der Waals surface area contributed by atoms with Gasteiger partial charge in [0, 0.05) is 0 Å². The van der Waals surface area contributed by atoms with Crippen molar-refractivity contribution in [2.24, 2.45) is 0 Å². The molecule has 0 aromatic rings. The summed E-state index contributed by atoms with van der Waals surface area (Å²) in [6, 6.07) is 0. The van der Waals surface area contributed by atoms with Gasteiger partial charge in [0.15, 0.2) is 0 Å². The molecule has 0 atom stereocenters. The molecule has 0 aromatic carbocycles. The van der Waals surface area contributed by atoms with Crippen molar-refractivity contribution in [2.45, 2.75) is 0 Å². The fourth-order valence-corrected chi connectivity index (χ4v) is 0.245. The van der Waals surface area contributed by atoms with E-state index in [0.717, 1.165) is 5.98 Å². The van der Waals surface area contributed by atoms with Crippen molar-refractivity contribution in [1.29, 1.82) is 15.8 Å². The highest BCUT2D eigenvalue weighted by Gasteiger charge is 2.18. The Morgan fingerprint density at radius 2 is 1.44 bits per heavy atom. The Balaban J connectivity index is 4.76. The lowest BCUT2D eigenvalue weighted by Gasteiger charge is -2.04. The zero-order valence-corrected chi connectivity index (χ0v) is 4.70. The van der Waals surface area contributed by atoms with Crippen LogP contribution in [0.2, 0.25) is 0 Å². The quantitative estimate of drug-likeness (QED) is 0.464. The van der Waals surface area contributed by atoms with E-state index in [4.69, 9.17) is 15.8 Å². The van der Waals surface area contributed by atoms with E-state index in [9.17, 15) is 0 Å². The van der Waals surface area contributed by atoms with Gasteiger partial charge in [-0.1, -0.05) is 0 Å². The minimum atomic E-state index is -2.26. The van der Waals surface area contributed by atoms with E-state index in [1.165, 1.54) is 0 Å². The molecule has 4 heteroatoms. The maximum Gasteiger partial charge on any atom is 0.315 e. The monoisotopic (exact) mass is 116 g/mol. The van der Waals surface area contributed by atoms with Gasteiger partial charge in [-0.05, 0) is 0 Å². The molecule has 0 aromatic heterocycles.